The number of benzene rings is 1. The van der Waals surface area contributed by atoms with E-state index in [0.29, 0.717) is 26.1 Å². The normalized spacial score (nSPS) is 20.9. The average molecular weight is 331 g/mol. The Kier molecular flexibility index (Phi) is 5.99. The molecule has 5 nitrogen and oxygen atoms in total. The highest BCUT2D eigenvalue weighted by atomic mass is 16.2. The van der Waals surface area contributed by atoms with Crippen LogP contribution in [-0.2, 0) is 9.59 Å². The van der Waals surface area contributed by atoms with Gasteiger partial charge in [0.1, 0.15) is 0 Å². The minimum Gasteiger partial charge on any atom is -0.347 e. The molecule has 1 fully saturated rings. The third-order valence-corrected chi connectivity index (χ3v) is 4.45. The Morgan fingerprint density at radius 3 is 2.46 bits per heavy atom. The van der Waals surface area contributed by atoms with Crippen molar-refractivity contribution in [3.8, 4) is 0 Å². The van der Waals surface area contributed by atoms with Crippen LogP contribution in [0.1, 0.15) is 38.7 Å². The molecule has 1 heterocycles. The zero-order valence-corrected chi connectivity index (χ0v) is 14.9. The molecule has 1 aromatic rings. The van der Waals surface area contributed by atoms with Gasteiger partial charge in [0.2, 0.25) is 11.8 Å². The highest BCUT2D eigenvalue weighted by Gasteiger charge is 2.35. The average Bonchev–Trinajstić information content (AvgIpc) is 2.96. The maximum absolute atomic E-state index is 12.4. The molecule has 0 unspecified atom stereocenters. The number of rotatable bonds is 5. The molecule has 2 rings (SSSR count). The number of carbonyl (C=O) groups excluding carboxylic acids is 2. The highest BCUT2D eigenvalue weighted by molar-refractivity contribution is 5.85. The Morgan fingerprint density at radius 2 is 1.88 bits per heavy atom. The molecular weight excluding hydrogens is 302 g/mol. The maximum Gasteiger partial charge on any atom is 0.241 e. The lowest BCUT2D eigenvalue weighted by Gasteiger charge is -2.19. The molecule has 0 saturated carbocycles. The molecule has 24 heavy (non-hydrogen) atoms. The Labute approximate surface area is 144 Å². The molecule has 0 spiro atoms. The van der Waals surface area contributed by atoms with Gasteiger partial charge in [-0.1, -0.05) is 51.1 Å². The molecule has 2 atom stereocenters. The van der Waals surface area contributed by atoms with Crippen LogP contribution in [0.3, 0.4) is 0 Å². The quantitative estimate of drug-likeness (QED) is 0.863. The summed E-state index contributed by atoms with van der Waals surface area (Å²) in [6, 6.07) is 10.2. The van der Waals surface area contributed by atoms with Crippen LogP contribution >= 0.6 is 0 Å². The van der Waals surface area contributed by atoms with E-state index in [2.05, 4.69) is 17.4 Å². The molecule has 0 aromatic heterocycles. The molecule has 3 N–H and O–H groups in total. The fourth-order valence-corrected chi connectivity index (χ4v) is 3.22. The van der Waals surface area contributed by atoms with Crippen molar-refractivity contribution in [2.45, 2.75) is 33.1 Å². The number of carbonyl (C=O) groups is 2. The van der Waals surface area contributed by atoms with Gasteiger partial charge in [0.15, 0.2) is 0 Å². The largest absolute Gasteiger partial charge is 0.347 e. The summed E-state index contributed by atoms with van der Waals surface area (Å²) in [5, 5.41) is 2.74. The third-order valence-electron chi connectivity index (χ3n) is 4.45. The number of likely N-dealkylation sites (tertiary alicyclic amines) is 1. The smallest absolute Gasteiger partial charge is 0.241 e. The van der Waals surface area contributed by atoms with Crippen molar-refractivity contribution in [2.75, 3.05) is 26.2 Å². The van der Waals surface area contributed by atoms with Crippen LogP contribution < -0.4 is 11.1 Å². The maximum atomic E-state index is 12.4. The number of hydrogen-bond donors (Lipinski definition) is 2. The van der Waals surface area contributed by atoms with E-state index in [9.17, 15) is 9.59 Å². The van der Waals surface area contributed by atoms with Crippen LogP contribution in [0, 0.1) is 11.3 Å². The molecule has 1 aliphatic heterocycles. The van der Waals surface area contributed by atoms with Crippen molar-refractivity contribution < 1.29 is 9.59 Å². The van der Waals surface area contributed by atoms with Crippen LogP contribution in [-0.4, -0.2) is 42.9 Å². The topological polar surface area (TPSA) is 75.4 Å². The van der Waals surface area contributed by atoms with E-state index in [1.165, 1.54) is 5.56 Å². The predicted molar refractivity (Wildman–Crippen MR) is 95.4 cm³/mol. The fraction of sp³-hybridized carbons (Fsp3) is 0.579. The predicted octanol–water partition coefficient (Wildman–Crippen LogP) is 1.74. The molecule has 1 aliphatic rings. The first kappa shape index (κ1) is 18.5. The minimum absolute atomic E-state index is 0.0332. The SMILES string of the molecule is CC(C)(C)CC(=O)NCC(=O)N1C[C@@H](CN)[C@H](c2ccccc2)C1. The van der Waals surface area contributed by atoms with Gasteiger partial charge in [0.25, 0.3) is 0 Å². The summed E-state index contributed by atoms with van der Waals surface area (Å²) in [7, 11) is 0. The van der Waals surface area contributed by atoms with Gasteiger partial charge in [-0.15, -0.1) is 0 Å². The van der Waals surface area contributed by atoms with Crippen LogP contribution in [0.4, 0.5) is 0 Å². The van der Waals surface area contributed by atoms with E-state index in [0.717, 1.165) is 0 Å². The summed E-state index contributed by atoms with van der Waals surface area (Å²) in [5.74, 6) is 0.422. The number of hydrogen-bond acceptors (Lipinski definition) is 3. The van der Waals surface area contributed by atoms with Gasteiger partial charge in [-0.3, -0.25) is 9.59 Å². The zero-order valence-electron chi connectivity index (χ0n) is 14.9. The van der Waals surface area contributed by atoms with Gasteiger partial charge in [-0.25, -0.2) is 0 Å². The van der Waals surface area contributed by atoms with Gasteiger partial charge in [-0.2, -0.15) is 0 Å². The zero-order chi connectivity index (χ0) is 17.7. The molecule has 1 saturated heterocycles. The summed E-state index contributed by atoms with van der Waals surface area (Å²) >= 11 is 0. The van der Waals surface area contributed by atoms with Crippen LogP contribution in [0.5, 0.6) is 0 Å². The lowest BCUT2D eigenvalue weighted by atomic mass is 9.89. The number of amides is 2. The van der Waals surface area contributed by atoms with Crippen LogP contribution in [0.15, 0.2) is 30.3 Å². The Hall–Kier alpha value is -1.88. The number of nitrogens with one attached hydrogen (secondary N) is 1. The molecule has 132 valence electrons. The first-order valence-corrected chi connectivity index (χ1v) is 8.59. The van der Waals surface area contributed by atoms with Crippen molar-refractivity contribution in [1.29, 1.82) is 0 Å². The van der Waals surface area contributed by atoms with E-state index in [4.69, 9.17) is 5.73 Å². The van der Waals surface area contributed by atoms with E-state index >= 15 is 0 Å². The van der Waals surface area contributed by atoms with Crippen LogP contribution in [0.2, 0.25) is 0 Å². The third kappa shape index (κ3) is 5.06. The number of nitrogens with two attached hydrogens (primary N) is 1. The summed E-state index contributed by atoms with van der Waals surface area (Å²) in [5.41, 5.74) is 7.05. The monoisotopic (exact) mass is 331 g/mol. The van der Waals surface area contributed by atoms with Gasteiger partial charge in [-0.05, 0) is 23.4 Å². The van der Waals surface area contributed by atoms with E-state index in [1.807, 2.05) is 43.9 Å². The molecular formula is C19H29N3O2. The Balaban J connectivity index is 1.91. The number of nitrogens with zero attached hydrogens (tertiary/aromatic N) is 1. The highest BCUT2D eigenvalue weighted by Crippen LogP contribution is 2.31. The summed E-state index contributed by atoms with van der Waals surface area (Å²) in [6.45, 7) is 7.96. The second-order valence-corrected chi connectivity index (χ2v) is 7.83. The second-order valence-electron chi connectivity index (χ2n) is 7.83. The first-order chi connectivity index (χ1) is 11.3. The molecule has 2 amide bonds. The van der Waals surface area contributed by atoms with Crippen LogP contribution in [0.25, 0.3) is 0 Å². The van der Waals surface area contributed by atoms with Crippen molar-refractivity contribution in [3.05, 3.63) is 35.9 Å². The lowest BCUT2D eigenvalue weighted by Crippen LogP contribution is -2.40. The molecule has 0 bridgehead atoms. The van der Waals surface area contributed by atoms with Gasteiger partial charge in [0.05, 0.1) is 6.54 Å². The standard InChI is InChI=1S/C19H29N3O2/c1-19(2,3)9-17(23)21-11-18(24)22-12-15(10-20)16(13-22)14-7-5-4-6-8-14/h4-8,15-16H,9-13,20H2,1-3H3,(H,21,23)/t15-,16+/m1/s1. The lowest BCUT2D eigenvalue weighted by molar-refractivity contribution is -0.132. The molecule has 5 heteroatoms. The van der Waals surface area contributed by atoms with Gasteiger partial charge < -0.3 is 16.0 Å². The second kappa shape index (κ2) is 7.79. The summed E-state index contributed by atoms with van der Waals surface area (Å²) in [6.07, 6.45) is 0.415. The van der Waals surface area contributed by atoms with E-state index < -0.39 is 0 Å². The van der Waals surface area contributed by atoms with Crippen molar-refractivity contribution in [1.82, 2.24) is 10.2 Å². The first-order valence-electron chi connectivity index (χ1n) is 8.59. The van der Waals surface area contributed by atoms with Crippen molar-refractivity contribution in [3.63, 3.8) is 0 Å². The Bertz CT molecular complexity index is 566. The van der Waals surface area contributed by atoms with Gasteiger partial charge in [0, 0.05) is 25.4 Å². The summed E-state index contributed by atoms with van der Waals surface area (Å²) < 4.78 is 0. The fourth-order valence-electron chi connectivity index (χ4n) is 3.22. The Morgan fingerprint density at radius 1 is 1.21 bits per heavy atom. The van der Waals surface area contributed by atoms with Crippen molar-refractivity contribution >= 4 is 11.8 Å². The van der Waals surface area contributed by atoms with E-state index in [1.54, 1.807) is 0 Å². The molecule has 0 radical (unpaired) electrons. The summed E-state index contributed by atoms with van der Waals surface area (Å²) in [4.78, 5) is 26.1. The van der Waals surface area contributed by atoms with Gasteiger partial charge >= 0.3 is 0 Å². The molecule has 1 aromatic carbocycles. The molecule has 0 aliphatic carbocycles. The minimum atomic E-state index is -0.0795. The van der Waals surface area contributed by atoms with Crippen molar-refractivity contribution in [2.24, 2.45) is 17.1 Å². The van der Waals surface area contributed by atoms with E-state index in [-0.39, 0.29) is 35.6 Å².